The molecule has 1 heterocycles. The zero-order valence-corrected chi connectivity index (χ0v) is 21.0. The summed E-state index contributed by atoms with van der Waals surface area (Å²) in [4.78, 5) is 36.3. The number of ether oxygens (including phenoxy) is 1. The van der Waals surface area contributed by atoms with E-state index in [1.54, 1.807) is 0 Å². The normalized spacial score (nSPS) is 18.2. The number of esters is 1. The molecule has 2 amide bonds. The molecule has 1 aromatic heterocycles. The van der Waals surface area contributed by atoms with Crippen LogP contribution in [0.3, 0.4) is 0 Å². The Kier molecular flexibility index (Phi) is 8.20. The monoisotopic (exact) mass is 490 g/mol. The van der Waals surface area contributed by atoms with Gasteiger partial charge in [-0.25, -0.2) is 14.6 Å². The first-order chi connectivity index (χ1) is 17.4. The first-order valence-electron chi connectivity index (χ1n) is 12.3. The summed E-state index contributed by atoms with van der Waals surface area (Å²) in [5, 5.41) is 10.3. The van der Waals surface area contributed by atoms with Crippen molar-refractivity contribution >= 4 is 34.7 Å². The summed E-state index contributed by atoms with van der Waals surface area (Å²) in [6, 6.07) is 16.7. The van der Waals surface area contributed by atoms with Gasteiger partial charge in [0.05, 0.1) is 12.6 Å². The number of nitrogens with zero attached hydrogens (tertiary/aromatic N) is 3. The average Bonchev–Trinajstić information content (AvgIpc) is 2.89. The lowest BCUT2D eigenvalue weighted by Gasteiger charge is -2.30. The number of hydrogen-bond acceptors (Lipinski definition) is 7. The smallest absolute Gasteiger partial charge is 0.328 e. The van der Waals surface area contributed by atoms with E-state index in [4.69, 9.17) is 14.7 Å². The van der Waals surface area contributed by atoms with E-state index in [1.807, 2.05) is 73.6 Å². The van der Waals surface area contributed by atoms with Crippen LogP contribution in [0.25, 0.3) is 10.9 Å². The van der Waals surface area contributed by atoms with Crippen LogP contribution in [0.4, 0.5) is 16.6 Å². The molecule has 190 valence electrons. The second-order valence-corrected chi connectivity index (χ2v) is 9.36. The zero-order valence-electron chi connectivity index (χ0n) is 21.0. The SMILES string of the molecule is COC(=O)[C@H](Cc1ccccc1)NC(=O)N[C@H]1CC[C@@H](Nc2nc(N(C)C)c3ccccc3n2)CC1. The number of amides is 2. The molecular formula is C27H34N6O3. The van der Waals surface area contributed by atoms with E-state index in [-0.39, 0.29) is 18.1 Å². The number of urea groups is 1. The van der Waals surface area contributed by atoms with Crippen LogP contribution in [0.2, 0.25) is 0 Å². The van der Waals surface area contributed by atoms with E-state index in [0.29, 0.717) is 12.4 Å². The number of rotatable bonds is 8. The third kappa shape index (κ3) is 6.41. The summed E-state index contributed by atoms with van der Waals surface area (Å²) in [5.74, 6) is 1.04. The van der Waals surface area contributed by atoms with E-state index < -0.39 is 12.0 Å². The van der Waals surface area contributed by atoms with Crippen molar-refractivity contribution in [1.29, 1.82) is 0 Å². The summed E-state index contributed by atoms with van der Waals surface area (Å²) in [6.07, 6.45) is 3.77. The largest absolute Gasteiger partial charge is 0.467 e. The number of aromatic nitrogens is 2. The molecule has 2 aromatic carbocycles. The third-order valence-electron chi connectivity index (χ3n) is 6.48. The maximum atomic E-state index is 12.7. The predicted octanol–water partition coefficient (Wildman–Crippen LogP) is 3.50. The van der Waals surface area contributed by atoms with Gasteiger partial charge in [0.15, 0.2) is 0 Å². The van der Waals surface area contributed by atoms with E-state index in [1.165, 1.54) is 7.11 Å². The standard InChI is InChI=1S/C27H34N6O3/c1-33(2)24-21-11-7-8-12-22(21)30-26(32-24)28-19-13-15-20(16-14-19)29-27(35)31-23(25(34)36-3)17-18-9-5-4-6-10-18/h4-12,19-20,23H,13-17H2,1-3H3,(H,28,30,32)(H2,29,31,35)/t19-,20+,23-/m0/s1. The molecule has 0 unspecified atom stereocenters. The molecule has 3 N–H and O–H groups in total. The lowest BCUT2D eigenvalue weighted by Crippen LogP contribution is -2.51. The fraction of sp³-hybridized carbons (Fsp3) is 0.407. The highest BCUT2D eigenvalue weighted by atomic mass is 16.5. The number of hydrogen-bond donors (Lipinski definition) is 3. The second kappa shape index (κ2) is 11.7. The van der Waals surface area contributed by atoms with Gasteiger partial charge in [0.1, 0.15) is 11.9 Å². The van der Waals surface area contributed by atoms with Gasteiger partial charge >= 0.3 is 12.0 Å². The van der Waals surface area contributed by atoms with Crippen molar-refractivity contribution < 1.29 is 14.3 Å². The predicted molar refractivity (Wildman–Crippen MR) is 141 cm³/mol. The molecule has 0 radical (unpaired) electrons. The van der Waals surface area contributed by atoms with Crippen molar-refractivity contribution in [2.24, 2.45) is 0 Å². The van der Waals surface area contributed by atoms with Crippen molar-refractivity contribution in [2.75, 3.05) is 31.4 Å². The Morgan fingerprint density at radius 3 is 2.33 bits per heavy atom. The second-order valence-electron chi connectivity index (χ2n) is 9.36. The minimum absolute atomic E-state index is 0.0351. The Bertz CT molecular complexity index is 1180. The minimum Gasteiger partial charge on any atom is -0.467 e. The fourth-order valence-corrected chi connectivity index (χ4v) is 4.60. The number of anilines is 2. The molecule has 1 aliphatic carbocycles. The van der Waals surface area contributed by atoms with E-state index in [2.05, 4.69) is 16.0 Å². The molecule has 1 atom stereocenters. The van der Waals surface area contributed by atoms with Gasteiger partial charge in [0.2, 0.25) is 5.95 Å². The number of nitrogens with one attached hydrogen (secondary N) is 3. The molecule has 3 aromatic rings. The number of methoxy groups -OCH3 is 1. The topological polar surface area (TPSA) is 108 Å². The first-order valence-corrected chi connectivity index (χ1v) is 12.3. The number of benzene rings is 2. The molecule has 0 spiro atoms. The third-order valence-corrected chi connectivity index (χ3v) is 6.48. The Morgan fingerprint density at radius 2 is 1.64 bits per heavy atom. The first kappa shape index (κ1) is 25.2. The van der Waals surface area contributed by atoms with Crippen LogP contribution in [-0.2, 0) is 16.0 Å². The van der Waals surface area contributed by atoms with Crippen LogP contribution in [0, 0.1) is 0 Å². The average molecular weight is 491 g/mol. The molecule has 0 saturated heterocycles. The summed E-state index contributed by atoms with van der Waals surface area (Å²) >= 11 is 0. The highest BCUT2D eigenvalue weighted by Crippen LogP contribution is 2.26. The van der Waals surface area contributed by atoms with Crippen molar-refractivity contribution in [3.05, 3.63) is 60.2 Å². The van der Waals surface area contributed by atoms with Gasteiger partial charge in [-0.2, -0.15) is 4.98 Å². The van der Waals surface area contributed by atoms with Gasteiger partial charge < -0.3 is 25.6 Å². The minimum atomic E-state index is -0.744. The Balaban J connectivity index is 1.30. The molecular weight excluding hydrogens is 456 g/mol. The Morgan fingerprint density at radius 1 is 0.972 bits per heavy atom. The quantitative estimate of drug-likeness (QED) is 0.415. The number of carbonyl (C=O) groups is 2. The van der Waals surface area contributed by atoms with Crippen LogP contribution >= 0.6 is 0 Å². The lowest BCUT2D eigenvalue weighted by atomic mass is 9.91. The summed E-state index contributed by atoms with van der Waals surface area (Å²) in [5.41, 5.74) is 1.86. The van der Waals surface area contributed by atoms with Gasteiger partial charge in [-0.3, -0.25) is 0 Å². The van der Waals surface area contributed by atoms with Crippen molar-refractivity contribution in [3.8, 4) is 0 Å². The Hall–Kier alpha value is -3.88. The van der Waals surface area contributed by atoms with Crippen molar-refractivity contribution in [3.63, 3.8) is 0 Å². The maximum absolute atomic E-state index is 12.7. The van der Waals surface area contributed by atoms with Crippen LogP contribution in [0.15, 0.2) is 54.6 Å². The number of para-hydroxylation sites is 1. The molecule has 4 rings (SSSR count). The highest BCUT2D eigenvalue weighted by molar-refractivity contribution is 5.90. The molecule has 9 heteroatoms. The number of fused-ring (bicyclic) bond motifs is 1. The summed E-state index contributed by atoms with van der Waals surface area (Å²) in [7, 11) is 5.28. The van der Waals surface area contributed by atoms with E-state index >= 15 is 0 Å². The van der Waals surface area contributed by atoms with Crippen LogP contribution < -0.4 is 20.9 Å². The summed E-state index contributed by atoms with van der Waals surface area (Å²) in [6.45, 7) is 0. The molecule has 1 saturated carbocycles. The molecule has 9 nitrogen and oxygen atoms in total. The van der Waals surface area contributed by atoms with Crippen LogP contribution in [0.5, 0.6) is 0 Å². The van der Waals surface area contributed by atoms with Crippen molar-refractivity contribution in [2.45, 2.75) is 50.2 Å². The molecule has 0 bridgehead atoms. The van der Waals surface area contributed by atoms with E-state index in [9.17, 15) is 9.59 Å². The Labute approximate surface area is 211 Å². The number of carbonyl (C=O) groups excluding carboxylic acids is 2. The van der Waals surface area contributed by atoms with Crippen molar-refractivity contribution in [1.82, 2.24) is 20.6 Å². The molecule has 36 heavy (non-hydrogen) atoms. The van der Waals surface area contributed by atoms with Gasteiger partial charge in [-0.1, -0.05) is 42.5 Å². The van der Waals surface area contributed by atoms with E-state index in [0.717, 1.165) is 48.0 Å². The molecule has 1 aliphatic rings. The van der Waals surface area contributed by atoms with Crippen LogP contribution in [-0.4, -0.2) is 61.3 Å². The van der Waals surface area contributed by atoms with Gasteiger partial charge in [0, 0.05) is 38.0 Å². The van der Waals surface area contributed by atoms with Gasteiger partial charge in [-0.15, -0.1) is 0 Å². The fourth-order valence-electron chi connectivity index (χ4n) is 4.60. The molecule has 0 aliphatic heterocycles. The van der Waals surface area contributed by atoms with Crippen LogP contribution in [0.1, 0.15) is 31.2 Å². The maximum Gasteiger partial charge on any atom is 0.328 e. The zero-order chi connectivity index (χ0) is 25.5. The highest BCUT2D eigenvalue weighted by Gasteiger charge is 2.26. The van der Waals surface area contributed by atoms with Gasteiger partial charge in [-0.05, 0) is 43.4 Å². The summed E-state index contributed by atoms with van der Waals surface area (Å²) < 4.78 is 4.89. The van der Waals surface area contributed by atoms with Gasteiger partial charge in [0.25, 0.3) is 0 Å². The molecule has 1 fully saturated rings. The lowest BCUT2D eigenvalue weighted by molar-refractivity contribution is -0.142.